The molecule has 1 aromatic carbocycles. The lowest BCUT2D eigenvalue weighted by atomic mass is 10.0. The number of nitrogens with one attached hydrogen (secondary N) is 1. The van der Waals surface area contributed by atoms with Gasteiger partial charge in [0.2, 0.25) is 5.91 Å². The van der Waals surface area contributed by atoms with Crippen molar-refractivity contribution in [3.8, 4) is 5.75 Å². The monoisotopic (exact) mass is 246 g/mol. The largest absolute Gasteiger partial charge is 0.491 e. The quantitative estimate of drug-likeness (QED) is 0.828. The van der Waals surface area contributed by atoms with Crippen LogP contribution in [0.4, 0.5) is 0 Å². The summed E-state index contributed by atoms with van der Waals surface area (Å²) in [5.41, 5.74) is 6.92. The first-order valence-corrected chi connectivity index (χ1v) is 6.51. The molecule has 4 heteroatoms. The van der Waals surface area contributed by atoms with Gasteiger partial charge in [0, 0.05) is 17.5 Å². The Morgan fingerprint density at radius 2 is 2.17 bits per heavy atom. The number of hydrogen-bond acceptors (Lipinski definition) is 3. The summed E-state index contributed by atoms with van der Waals surface area (Å²) in [7, 11) is 0. The highest BCUT2D eigenvalue weighted by Gasteiger charge is 2.31. The first-order chi connectivity index (χ1) is 8.74. The van der Waals surface area contributed by atoms with Gasteiger partial charge in [0.05, 0.1) is 6.04 Å². The SMILES string of the molecule is NC1CCC(C(=O)NC2COc3ccccc32)C1. The smallest absolute Gasteiger partial charge is 0.223 e. The van der Waals surface area contributed by atoms with Gasteiger partial charge in [-0.1, -0.05) is 18.2 Å². The van der Waals surface area contributed by atoms with Crippen LogP contribution in [-0.2, 0) is 4.79 Å². The standard InChI is InChI=1S/C14H18N2O2/c15-10-6-5-9(7-10)14(17)16-12-8-18-13-4-2-1-3-11(12)13/h1-4,9-10,12H,5-8,15H2,(H,16,17). The van der Waals surface area contributed by atoms with Crippen molar-refractivity contribution in [2.45, 2.75) is 31.3 Å². The number of carbonyl (C=O) groups is 1. The number of benzene rings is 1. The molecule has 3 atom stereocenters. The predicted octanol–water partition coefficient (Wildman–Crippen LogP) is 1.36. The second-order valence-electron chi connectivity index (χ2n) is 5.18. The molecule has 0 aromatic heterocycles. The molecule has 0 saturated heterocycles. The Morgan fingerprint density at radius 3 is 2.94 bits per heavy atom. The molecule has 1 amide bonds. The molecule has 0 bridgehead atoms. The predicted molar refractivity (Wildman–Crippen MR) is 68.1 cm³/mol. The van der Waals surface area contributed by atoms with Crippen LogP contribution in [-0.4, -0.2) is 18.6 Å². The number of ether oxygens (including phenoxy) is 1. The van der Waals surface area contributed by atoms with Gasteiger partial charge in [0.25, 0.3) is 0 Å². The first kappa shape index (κ1) is 11.5. The van der Waals surface area contributed by atoms with Crippen LogP contribution >= 0.6 is 0 Å². The Labute approximate surface area is 107 Å². The van der Waals surface area contributed by atoms with Gasteiger partial charge in [-0.05, 0) is 25.3 Å². The Balaban J connectivity index is 1.66. The van der Waals surface area contributed by atoms with Crippen LogP contribution < -0.4 is 15.8 Å². The minimum Gasteiger partial charge on any atom is -0.491 e. The van der Waals surface area contributed by atoms with E-state index in [9.17, 15) is 4.79 Å². The number of hydrogen-bond donors (Lipinski definition) is 2. The van der Waals surface area contributed by atoms with E-state index in [4.69, 9.17) is 10.5 Å². The van der Waals surface area contributed by atoms with Crippen LogP contribution in [0.5, 0.6) is 5.75 Å². The van der Waals surface area contributed by atoms with Crippen molar-refractivity contribution >= 4 is 5.91 Å². The summed E-state index contributed by atoms with van der Waals surface area (Å²) in [5.74, 6) is 1.08. The van der Waals surface area contributed by atoms with Crippen molar-refractivity contribution in [2.75, 3.05) is 6.61 Å². The zero-order valence-corrected chi connectivity index (χ0v) is 10.3. The summed E-state index contributed by atoms with van der Waals surface area (Å²) in [4.78, 5) is 12.1. The number of para-hydroxylation sites is 1. The molecule has 96 valence electrons. The molecule has 2 aliphatic rings. The zero-order valence-electron chi connectivity index (χ0n) is 10.3. The van der Waals surface area contributed by atoms with Crippen molar-refractivity contribution in [1.82, 2.24) is 5.32 Å². The van der Waals surface area contributed by atoms with E-state index < -0.39 is 0 Å². The molecule has 18 heavy (non-hydrogen) atoms. The van der Waals surface area contributed by atoms with E-state index in [1.165, 1.54) is 0 Å². The maximum absolute atomic E-state index is 12.1. The van der Waals surface area contributed by atoms with Gasteiger partial charge >= 0.3 is 0 Å². The highest BCUT2D eigenvalue weighted by atomic mass is 16.5. The van der Waals surface area contributed by atoms with E-state index in [-0.39, 0.29) is 23.9 Å². The van der Waals surface area contributed by atoms with Gasteiger partial charge in [0.15, 0.2) is 0 Å². The first-order valence-electron chi connectivity index (χ1n) is 6.51. The Morgan fingerprint density at radius 1 is 1.33 bits per heavy atom. The molecule has 1 fully saturated rings. The van der Waals surface area contributed by atoms with Crippen LogP contribution in [0.1, 0.15) is 30.9 Å². The average molecular weight is 246 g/mol. The van der Waals surface area contributed by atoms with E-state index in [0.29, 0.717) is 6.61 Å². The van der Waals surface area contributed by atoms with Gasteiger partial charge in [0.1, 0.15) is 12.4 Å². The second-order valence-corrected chi connectivity index (χ2v) is 5.18. The molecule has 1 aliphatic carbocycles. The lowest BCUT2D eigenvalue weighted by molar-refractivity contribution is -0.125. The Hall–Kier alpha value is -1.55. The second kappa shape index (κ2) is 4.61. The normalized spacial score (nSPS) is 29.7. The summed E-state index contributed by atoms with van der Waals surface area (Å²) in [5, 5.41) is 3.08. The van der Waals surface area contributed by atoms with Gasteiger partial charge < -0.3 is 15.8 Å². The molecule has 3 rings (SSSR count). The third kappa shape index (κ3) is 2.08. The molecule has 1 heterocycles. The number of fused-ring (bicyclic) bond motifs is 1. The lowest BCUT2D eigenvalue weighted by Gasteiger charge is -2.15. The van der Waals surface area contributed by atoms with Gasteiger partial charge in [-0.25, -0.2) is 0 Å². The maximum Gasteiger partial charge on any atom is 0.223 e. The van der Waals surface area contributed by atoms with Crippen LogP contribution in [0.2, 0.25) is 0 Å². The number of rotatable bonds is 2. The minimum absolute atomic E-state index is 0.00877. The fourth-order valence-electron chi connectivity index (χ4n) is 2.83. The molecular weight excluding hydrogens is 228 g/mol. The summed E-state index contributed by atoms with van der Waals surface area (Å²) in [6.45, 7) is 0.532. The van der Waals surface area contributed by atoms with Crippen molar-refractivity contribution in [3.05, 3.63) is 29.8 Å². The number of nitrogens with two attached hydrogens (primary N) is 1. The summed E-state index contributed by atoms with van der Waals surface area (Å²) >= 11 is 0. The fraction of sp³-hybridized carbons (Fsp3) is 0.500. The maximum atomic E-state index is 12.1. The zero-order chi connectivity index (χ0) is 12.5. The van der Waals surface area contributed by atoms with Gasteiger partial charge in [-0.2, -0.15) is 0 Å². The number of amides is 1. The van der Waals surface area contributed by atoms with E-state index in [1.807, 2.05) is 24.3 Å². The molecule has 4 nitrogen and oxygen atoms in total. The van der Waals surface area contributed by atoms with Crippen molar-refractivity contribution in [3.63, 3.8) is 0 Å². The molecule has 3 unspecified atom stereocenters. The van der Waals surface area contributed by atoms with Gasteiger partial charge in [-0.3, -0.25) is 4.79 Å². The highest BCUT2D eigenvalue weighted by molar-refractivity contribution is 5.79. The third-order valence-electron chi connectivity index (χ3n) is 3.86. The summed E-state index contributed by atoms with van der Waals surface area (Å²) in [6.07, 6.45) is 2.67. The van der Waals surface area contributed by atoms with Crippen LogP contribution in [0.15, 0.2) is 24.3 Å². The minimum atomic E-state index is -0.00877. The highest BCUT2D eigenvalue weighted by Crippen LogP contribution is 2.32. The van der Waals surface area contributed by atoms with E-state index in [1.54, 1.807) is 0 Å². The average Bonchev–Trinajstić information content (AvgIpc) is 2.97. The van der Waals surface area contributed by atoms with E-state index in [0.717, 1.165) is 30.6 Å². The van der Waals surface area contributed by atoms with Crippen molar-refractivity contribution in [2.24, 2.45) is 11.7 Å². The van der Waals surface area contributed by atoms with Crippen molar-refractivity contribution < 1.29 is 9.53 Å². The molecule has 3 N–H and O–H groups in total. The topological polar surface area (TPSA) is 64.4 Å². The summed E-state index contributed by atoms with van der Waals surface area (Å²) < 4.78 is 5.56. The molecule has 1 aliphatic heterocycles. The van der Waals surface area contributed by atoms with Crippen LogP contribution in [0.25, 0.3) is 0 Å². The third-order valence-corrected chi connectivity index (χ3v) is 3.86. The van der Waals surface area contributed by atoms with Crippen LogP contribution in [0, 0.1) is 5.92 Å². The van der Waals surface area contributed by atoms with Crippen molar-refractivity contribution in [1.29, 1.82) is 0 Å². The van der Waals surface area contributed by atoms with E-state index in [2.05, 4.69) is 5.32 Å². The Bertz CT molecular complexity index is 461. The molecule has 0 spiro atoms. The van der Waals surface area contributed by atoms with E-state index >= 15 is 0 Å². The van der Waals surface area contributed by atoms with Crippen LogP contribution in [0.3, 0.4) is 0 Å². The lowest BCUT2D eigenvalue weighted by Crippen LogP contribution is -2.34. The summed E-state index contributed by atoms with van der Waals surface area (Å²) in [6, 6.07) is 8.04. The molecular formula is C14H18N2O2. The molecule has 0 radical (unpaired) electrons. The molecule has 1 aromatic rings. The Kier molecular flexibility index (Phi) is 2.96. The fourth-order valence-corrected chi connectivity index (χ4v) is 2.83. The molecule has 1 saturated carbocycles. The number of carbonyl (C=O) groups excluding carboxylic acids is 1. The van der Waals surface area contributed by atoms with Gasteiger partial charge in [-0.15, -0.1) is 0 Å².